The van der Waals surface area contributed by atoms with E-state index in [2.05, 4.69) is 32.7 Å². The van der Waals surface area contributed by atoms with E-state index in [1.54, 1.807) is 24.3 Å². The lowest BCUT2D eigenvalue weighted by molar-refractivity contribution is -0.129. The maximum atomic E-state index is 12.9. The molecule has 1 fully saturated rings. The van der Waals surface area contributed by atoms with Crippen molar-refractivity contribution in [1.82, 2.24) is 10.2 Å². The summed E-state index contributed by atoms with van der Waals surface area (Å²) in [4.78, 5) is 13.9. The first-order valence-electron chi connectivity index (χ1n) is 12.7. The molecular weight excluding hydrogens is 498 g/mol. The van der Waals surface area contributed by atoms with Crippen molar-refractivity contribution in [2.24, 2.45) is 11.8 Å². The van der Waals surface area contributed by atoms with E-state index in [-0.39, 0.29) is 24.2 Å². The van der Waals surface area contributed by atoms with Gasteiger partial charge >= 0.3 is 0 Å². The van der Waals surface area contributed by atoms with Gasteiger partial charge in [0, 0.05) is 18.8 Å². The number of nitrogens with zero attached hydrogens (tertiary/aromatic N) is 1. The van der Waals surface area contributed by atoms with Crippen LogP contribution in [0.4, 0.5) is 4.39 Å². The monoisotopic (exact) mass is 536 g/mol. The number of likely N-dealkylation sites (tertiary alicyclic amines) is 1. The molecule has 1 aliphatic rings. The van der Waals surface area contributed by atoms with Crippen molar-refractivity contribution >= 4 is 34.8 Å². The molecule has 0 aromatic heterocycles. The minimum absolute atomic E-state index is 0.107. The summed E-state index contributed by atoms with van der Waals surface area (Å²) in [7, 11) is 0. The molecule has 36 heavy (non-hydrogen) atoms. The van der Waals surface area contributed by atoms with Gasteiger partial charge in [0.25, 0.3) is 0 Å². The van der Waals surface area contributed by atoms with Crippen molar-refractivity contribution in [2.45, 2.75) is 59.0 Å². The summed E-state index contributed by atoms with van der Waals surface area (Å²) in [6.07, 6.45) is 3.62. The Bertz CT molecular complexity index is 1010. The van der Waals surface area contributed by atoms with Crippen LogP contribution in [0.5, 0.6) is 0 Å². The van der Waals surface area contributed by atoms with Gasteiger partial charge in [-0.05, 0) is 60.1 Å². The van der Waals surface area contributed by atoms with Crippen LogP contribution in [-0.2, 0) is 10.4 Å². The van der Waals surface area contributed by atoms with Crippen LogP contribution in [0.3, 0.4) is 0 Å². The molecule has 0 saturated carbocycles. The van der Waals surface area contributed by atoms with Crippen molar-refractivity contribution < 1.29 is 14.3 Å². The first-order chi connectivity index (χ1) is 17.0. The third kappa shape index (κ3) is 8.22. The fourth-order valence-electron chi connectivity index (χ4n) is 4.37. The Labute approximate surface area is 225 Å². The summed E-state index contributed by atoms with van der Waals surface area (Å²) >= 11 is 11.8. The molecule has 2 aromatic rings. The van der Waals surface area contributed by atoms with E-state index in [1.165, 1.54) is 12.1 Å². The van der Waals surface area contributed by atoms with Crippen molar-refractivity contribution in [2.75, 3.05) is 19.6 Å². The predicted molar refractivity (Wildman–Crippen MR) is 149 cm³/mol. The van der Waals surface area contributed by atoms with Gasteiger partial charge in [-0.3, -0.25) is 4.79 Å². The smallest absolute Gasteiger partial charge is 0.241 e. The summed E-state index contributed by atoms with van der Waals surface area (Å²) in [5.74, 6) is 0.623. The molecule has 198 valence electrons. The number of hydrogen-bond acceptors (Lipinski definition) is 3. The zero-order chi connectivity index (χ0) is 26.9. The topological polar surface area (TPSA) is 52.6 Å². The van der Waals surface area contributed by atoms with Crippen LogP contribution in [0.2, 0.25) is 10.0 Å². The minimum atomic E-state index is -0.822. The van der Waals surface area contributed by atoms with Gasteiger partial charge in [-0.15, -0.1) is 0 Å². The summed E-state index contributed by atoms with van der Waals surface area (Å²) in [5, 5.41) is 14.8. The first-order valence-corrected chi connectivity index (χ1v) is 13.4. The summed E-state index contributed by atoms with van der Waals surface area (Å²) in [6.45, 7) is 14.2. The van der Waals surface area contributed by atoms with Gasteiger partial charge in [0.1, 0.15) is 5.82 Å². The standard InChI is InChI=1S/C15H18Cl2N2O.C14H21FO/c1-10-5-6-19(9-10)15(20)8-18-11(2)12-3-4-13(16)14(17)7-12;1-4-10-14(16,11(3)5-2)12-6-8-13(15)9-7-12/h3-4,7,10,18H,2,5-6,8-9H2,1H3;6-9,11,16H,4-5,10H2,1-3H3. The van der Waals surface area contributed by atoms with Crippen LogP contribution in [0, 0.1) is 17.7 Å². The summed E-state index contributed by atoms with van der Waals surface area (Å²) in [5.41, 5.74) is 1.51. The fourth-order valence-corrected chi connectivity index (χ4v) is 4.67. The Hall–Kier alpha value is -2.08. The predicted octanol–water partition coefficient (Wildman–Crippen LogP) is 7.28. The number of benzene rings is 2. The van der Waals surface area contributed by atoms with Crippen LogP contribution in [-0.4, -0.2) is 35.5 Å². The van der Waals surface area contributed by atoms with Gasteiger partial charge in [-0.1, -0.05) is 88.5 Å². The highest BCUT2D eigenvalue weighted by molar-refractivity contribution is 6.42. The molecule has 3 rings (SSSR count). The minimum Gasteiger partial charge on any atom is -0.385 e. The SMILES string of the molecule is C=C(NCC(=O)N1CCC(C)C1)c1ccc(Cl)c(Cl)c1.CCCC(O)(c1ccc(F)cc1)C(C)CC. The van der Waals surface area contributed by atoms with E-state index in [9.17, 15) is 14.3 Å². The number of amides is 1. The van der Waals surface area contributed by atoms with Gasteiger partial charge in [-0.2, -0.15) is 0 Å². The number of hydrogen-bond donors (Lipinski definition) is 2. The average molecular weight is 538 g/mol. The van der Waals surface area contributed by atoms with Crippen LogP contribution < -0.4 is 5.32 Å². The van der Waals surface area contributed by atoms with Gasteiger partial charge in [0.2, 0.25) is 5.91 Å². The van der Waals surface area contributed by atoms with Crippen LogP contribution >= 0.6 is 23.2 Å². The molecule has 0 radical (unpaired) electrons. The van der Waals surface area contributed by atoms with Crippen molar-refractivity contribution in [3.05, 3.63) is 76.0 Å². The highest BCUT2D eigenvalue weighted by atomic mass is 35.5. The Balaban J connectivity index is 0.000000261. The lowest BCUT2D eigenvalue weighted by Gasteiger charge is -2.34. The molecule has 1 amide bonds. The maximum absolute atomic E-state index is 12.9. The molecular formula is C29H39Cl2FN2O2. The lowest BCUT2D eigenvalue weighted by Crippen LogP contribution is -2.36. The fraction of sp³-hybridized carbons (Fsp3) is 0.483. The summed E-state index contributed by atoms with van der Waals surface area (Å²) in [6, 6.07) is 11.5. The van der Waals surface area contributed by atoms with Crippen LogP contribution in [0.25, 0.3) is 5.70 Å². The quantitative estimate of drug-likeness (QED) is 0.354. The van der Waals surface area contributed by atoms with Crippen molar-refractivity contribution in [1.29, 1.82) is 0 Å². The van der Waals surface area contributed by atoms with E-state index >= 15 is 0 Å². The molecule has 0 aliphatic carbocycles. The van der Waals surface area contributed by atoms with E-state index in [1.807, 2.05) is 17.9 Å². The van der Waals surface area contributed by atoms with Crippen molar-refractivity contribution in [3.8, 4) is 0 Å². The molecule has 0 bridgehead atoms. The number of rotatable bonds is 9. The number of nitrogens with one attached hydrogen (secondary N) is 1. The number of carbonyl (C=O) groups excluding carboxylic acids is 1. The van der Waals surface area contributed by atoms with Crippen molar-refractivity contribution in [3.63, 3.8) is 0 Å². The molecule has 4 nitrogen and oxygen atoms in total. The number of aliphatic hydroxyl groups is 1. The molecule has 7 heteroatoms. The Morgan fingerprint density at radius 3 is 2.42 bits per heavy atom. The molecule has 1 aliphatic heterocycles. The molecule has 1 heterocycles. The third-order valence-electron chi connectivity index (χ3n) is 6.90. The van der Waals surface area contributed by atoms with Gasteiger partial charge < -0.3 is 15.3 Å². The van der Waals surface area contributed by atoms with E-state index < -0.39 is 5.60 Å². The van der Waals surface area contributed by atoms with Gasteiger partial charge in [0.15, 0.2) is 0 Å². The van der Waals surface area contributed by atoms with E-state index in [0.717, 1.165) is 43.5 Å². The number of halogens is 3. The highest BCUT2D eigenvalue weighted by Crippen LogP contribution is 2.36. The lowest BCUT2D eigenvalue weighted by atomic mass is 9.78. The number of carbonyl (C=O) groups is 1. The van der Waals surface area contributed by atoms with Crippen LogP contribution in [0.1, 0.15) is 64.5 Å². The molecule has 2 N–H and O–H groups in total. The molecule has 2 aromatic carbocycles. The van der Waals surface area contributed by atoms with Gasteiger partial charge in [0.05, 0.1) is 22.2 Å². The second-order valence-corrected chi connectivity index (χ2v) is 10.5. The van der Waals surface area contributed by atoms with E-state index in [4.69, 9.17) is 23.2 Å². The Kier molecular flexibility index (Phi) is 11.7. The zero-order valence-electron chi connectivity index (χ0n) is 21.8. The molecule has 0 spiro atoms. The maximum Gasteiger partial charge on any atom is 0.241 e. The Morgan fingerprint density at radius 2 is 1.89 bits per heavy atom. The largest absolute Gasteiger partial charge is 0.385 e. The average Bonchev–Trinajstić information content (AvgIpc) is 3.30. The second-order valence-electron chi connectivity index (χ2n) is 9.69. The van der Waals surface area contributed by atoms with E-state index in [0.29, 0.717) is 28.1 Å². The highest BCUT2D eigenvalue weighted by Gasteiger charge is 2.33. The van der Waals surface area contributed by atoms with Gasteiger partial charge in [-0.25, -0.2) is 4.39 Å². The third-order valence-corrected chi connectivity index (χ3v) is 7.64. The zero-order valence-corrected chi connectivity index (χ0v) is 23.3. The first kappa shape index (κ1) is 30.1. The summed E-state index contributed by atoms with van der Waals surface area (Å²) < 4.78 is 12.9. The normalized spacial score (nSPS) is 17.6. The molecule has 1 saturated heterocycles. The second kappa shape index (κ2) is 14.0. The van der Waals surface area contributed by atoms with Crippen LogP contribution in [0.15, 0.2) is 49.0 Å². The molecule has 3 unspecified atom stereocenters. The Morgan fingerprint density at radius 1 is 1.22 bits per heavy atom. The molecule has 3 atom stereocenters.